The van der Waals surface area contributed by atoms with Gasteiger partial charge in [-0.05, 0) is 77.0 Å². The lowest BCUT2D eigenvalue weighted by Gasteiger charge is -2.18. The number of carbonyl (C=O) groups excluding carboxylic acids is 3. The Bertz CT molecular complexity index is 872. The standard InChI is InChI=1S/C48H86O6/c1-4-7-10-13-16-19-22-25-28-31-34-37-40-46(49)52-43-45(54-48(51)42-39-36-33-30-27-24-21-18-15-12-9-6-3)44-53-47(50)41-38-35-32-29-26-23-20-17-14-11-8-5-2/h13-18,45H,4-12,19-44H2,1-3H3/b16-13-,17-14-,18-15-. The molecule has 0 aliphatic heterocycles. The first-order valence-electron chi connectivity index (χ1n) is 23.0. The van der Waals surface area contributed by atoms with Gasteiger partial charge in [0.2, 0.25) is 0 Å². The molecule has 0 aliphatic rings. The summed E-state index contributed by atoms with van der Waals surface area (Å²) in [7, 11) is 0. The van der Waals surface area contributed by atoms with Crippen molar-refractivity contribution in [3.8, 4) is 0 Å². The molecule has 0 aromatic rings. The molecule has 0 spiro atoms. The van der Waals surface area contributed by atoms with Crippen LogP contribution in [0.3, 0.4) is 0 Å². The first kappa shape index (κ1) is 51.6. The fraction of sp³-hybridized carbons (Fsp3) is 0.812. The quantitative estimate of drug-likeness (QED) is 0.0267. The molecule has 6 heteroatoms. The summed E-state index contributed by atoms with van der Waals surface area (Å²) >= 11 is 0. The van der Waals surface area contributed by atoms with E-state index < -0.39 is 6.10 Å². The highest BCUT2D eigenvalue weighted by Gasteiger charge is 2.19. The molecular weight excluding hydrogens is 673 g/mol. The minimum Gasteiger partial charge on any atom is -0.462 e. The van der Waals surface area contributed by atoms with Crippen LogP contribution in [0.15, 0.2) is 36.5 Å². The van der Waals surface area contributed by atoms with E-state index in [1.165, 1.54) is 116 Å². The number of esters is 3. The number of carbonyl (C=O) groups is 3. The normalized spacial score (nSPS) is 11.8. The average Bonchev–Trinajstić information content (AvgIpc) is 3.17. The van der Waals surface area contributed by atoms with Crippen LogP contribution in [0.2, 0.25) is 0 Å². The summed E-state index contributed by atoms with van der Waals surface area (Å²) < 4.78 is 16.7. The Morgan fingerprint density at radius 1 is 0.352 bits per heavy atom. The number of allylic oxidation sites excluding steroid dienone is 6. The number of hydrogen-bond donors (Lipinski definition) is 0. The molecular formula is C48H86O6. The number of hydrogen-bond acceptors (Lipinski definition) is 6. The van der Waals surface area contributed by atoms with E-state index in [4.69, 9.17) is 14.2 Å². The van der Waals surface area contributed by atoms with Crippen LogP contribution < -0.4 is 0 Å². The molecule has 0 atom stereocenters. The minimum absolute atomic E-state index is 0.0791. The summed E-state index contributed by atoms with van der Waals surface area (Å²) in [6.45, 7) is 6.51. The number of unbranched alkanes of at least 4 members (excludes halogenated alkanes) is 24. The van der Waals surface area contributed by atoms with Crippen molar-refractivity contribution >= 4 is 17.9 Å². The summed E-state index contributed by atoms with van der Waals surface area (Å²) in [6.07, 6.45) is 48.3. The zero-order valence-corrected chi connectivity index (χ0v) is 35.7. The lowest BCUT2D eigenvalue weighted by Crippen LogP contribution is -2.30. The highest BCUT2D eigenvalue weighted by atomic mass is 16.6. The molecule has 0 radical (unpaired) electrons. The van der Waals surface area contributed by atoms with Crippen LogP contribution in [-0.4, -0.2) is 37.2 Å². The van der Waals surface area contributed by atoms with Crippen LogP contribution in [0.25, 0.3) is 0 Å². The van der Waals surface area contributed by atoms with Crippen LogP contribution in [0, 0.1) is 0 Å². The highest BCUT2D eigenvalue weighted by molar-refractivity contribution is 5.71. The van der Waals surface area contributed by atoms with E-state index in [2.05, 4.69) is 57.2 Å². The Labute approximate surface area is 334 Å². The van der Waals surface area contributed by atoms with Gasteiger partial charge in [-0.3, -0.25) is 14.4 Å². The van der Waals surface area contributed by atoms with Gasteiger partial charge in [0.15, 0.2) is 6.10 Å². The number of rotatable bonds is 41. The molecule has 0 aromatic carbocycles. The third kappa shape index (κ3) is 40.8. The van der Waals surface area contributed by atoms with Gasteiger partial charge in [0, 0.05) is 19.3 Å². The maximum absolute atomic E-state index is 12.7. The Balaban J connectivity index is 4.39. The van der Waals surface area contributed by atoms with Crippen LogP contribution in [0.5, 0.6) is 0 Å². The van der Waals surface area contributed by atoms with Gasteiger partial charge in [-0.2, -0.15) is 0 Å². The van der Waals surface area contributed by atoms with Gasteiger partial charge in [0.05, 0.1) is 0 Å². The molecule has 0 aliphatic carbocycles. The second kappa shape index (κ2) is 43.4. The van der Waals surface area contributed by atoms with Gasteiger partial charge in [-0.25, -0.2) is 0 Å². The summed E-state index contributed by atoms with van der Waals surface area (Å²) in [4.78, 5) is 37.7. The van der Waals surface area contributed by atoms with E-state index >= 15 is 0 Å². The van der Waals surface area contributed by atoms with E-state index in [0.29, 0.717) is 19.3 Å². The first-order valence-corrected chi connectivity index (χ1v) is 23.0. The molecule has 0 heterocycles. The molecule has 0 N–H and O–H groups in total. The highest BCUT2D eigenvalue weighted by Crippen LogP contribution is 2.14. The SMILES string of the molecule is CCCC/C=C\CCCCCCCCC(=O)OCC(COC(=O)CCCCCCCC/C=C\CCCC)OC(=O)CCCCCCCC/C=C\CCCC. The molecule has 0 amide bonds. The van der Waals surface area contributed by atoms with Crippen molar-refractivity contribution in [1.82, 2.24) is 0 Å². The maximum atomic E-state index is 12.7. The Morgan fingerprint density at radius 3 is 0.926 bits per heavy atom. The van der Waals surface area contributed by atoms with Gasteiger partial charge in [0.1, 0.15) is 13.2 Å². The van der Waals surface area contributed by atoms with Crippen LogP contribution >= 0.6 is 0 Å². The first-order chi connectivity index (χ1) is 26.5. The average molecular weight is 759 g/mol. The van der Waals surface area contributed by atoms with Gasteiger partial charge in [0.25, 0.3) is 0 Å². The smallest absolute Gasteiger partial charge is 0.306 e. The van der Waals surface area contributed by atoms with Gasteiger partial charge in [-0.1, -0.05) is 173 Å². The Kier molecular flexibility index (Phi) is 41.5. The molecule has 0 rings (SSSR count). The van der Waals surface area contributed by atoms with E-state index in [0.717, 1.165) is 77.0 Å². The lowest BCUT2D eigenvalue weighted by atomic mass is 10.1. The van der Waals surface area contributed by atoms with E-state index in [1.54, 1.807) is 0 Å². The third-order valence-electron chi connectivity index (χ3n) is 9.84. The predicted octanol–water partition coefficient (Wildman–Crippen LogP) is 14.6. The van der Waals surface area contributed by atoms with Crippen LogP contribution in [-0.2, 0) is 28.6 Å². The molecule has 0 bridgehead atoms. The van der Waals surface area contributed by atoms with Crippen LogP contribution in [0.1, 0.15) is 233 Å². The van der Waals surface area contributed by atoms with E-state index in [9.17, 15) is 14.4 Å². The van der Waals surface area contributed by atoms with E-state index in [-0.39, 0.29) is 31.1 Å². The lowest BCUT2D eigenvalue weighted by molar-refractivity contribution is -0.167. The maximum Gasteiger partial charge on any atom is 0.306 e. The second-order valence-electron chi connectivity index (χ2n) is 15.3. The fourth-order valence-corrected chi connectivity index (χ4v) is 6.27. The van der Waals surface area contributed by atoms with Gasteiger partial charge >= 0.3 is 17.9 Å². The Morgan fingerprint density at radius 2 is 0.611 bits per heavy atom. The number of ether oxygens (including phenoxy) is 3. The molecule has 0 unspecified atom stereocenters. The molecule has 54 heavy (non-hydrogen) atoms. The summed E-state index contributed by atoms with van der Waals surface area (Å²) in [5, 5.41) is 0. The van der Waals surface area contributed by atoms with Gasteiger partial charge < -0.3 is 14.2 Å². The van der Waals surface area contributed by atoms with Gasteiger partial charge in [-0.15, -0.1) is 0 Å². The molecule has 0 aromatic heterocycles. The Hall–Kier alpha value is -2.37. The molecule has 6 nitrogen and oxygen atoms in total. The minimum atomic E-state index is -0.775. The third-order valence-corrected chi connectivity index (χ3v) is 9.84. The van der Waals surface area contributed by atoms with Crippen molar-refractivity contribution in [3.63, 3.8) is 0 Å². The van der Waals surface area contributed by atoms with E-state index in [1.807, 2.05) is 0 Å². The zero-order chi connectivity index (χ0) is 39.4. The van der Waals surface area contributed by atoms with Crippen molar-refractivity contribution in [3.05, 3.63) is 36.5 Å². The molecule has 0 saturated heterocycles. The fourth-order valence-electron chi connectivity index (χ4n) is 6.27. The largest absolute Gasteiger partial charge is 0.462 e. The van der Waals surface area contributed by atoms with Crippen molar-refractivity contribution in [2.45, 2.75) is 239 Å². The monoisotopic (exact) mass is 759 g/mol. The zero-order valence-electron chi connectivity index (χ0n) is 35.7. The summed E-state index contributed by atoms with van der Waals surface area (Å²) in [5.74, 6) is -0.899. The molecule has 0 saturated carbocycles. The van der Waals surface area contributed by atoms with Crippen molar-refractivity contribution in [2.24, 2.45) is 0 Å². The van der Waals surface area contributed by atoms with Crippen molar-refractivity contribution in [1.29, 1.82) is 0 Å². The summed E-state index contributed by atoms with van der Waals surface area (Å²) in [6, 6.07) is 0. The topological polar surface area (TPSA) is 78.9 Å². The molecule has 0 fully saturated rings. The van der Waals surface area contributed by atoms with Crippen molar-refractivity contribution in [2.75, 3.05) is 13.2 Å². The van der Waals surface area contributed by atoms with Crippen molar-refractivity contribution < 1.29 is 28.6 Å². The predicted molar refractivity (Wildman–Crippen MR) is 229 cm³/mol. The second-order valence-corrected chi connectivity index (χ2v) is 15.3. The van der Waals surface area contributed by atoms with Crippen LogP contribution in [0.4, 0.5) is 0 Å². The molecule has 314 valence electrons. The summed E-state index contributed by atoms with van der Waals surface area (Å²) in [5.41, 5.74) is 0.